The van der Waals surface area contributed by atoms with Gasteiger partial charge in [0.1, 0.15) is 0 Å². The lowest BCUT2D eigenvalue weighted by atomic mass is 9.64. The highest BCUT2D eigenvalue weighted by molar-refractivity contribution is 5.86. The molecule has 0 radical (unpaired) electrons. The molecule has 0 bridgehead atoms. The van der Waals surface area contributed by atoms with Crippen LogP contribution in [0.3, 0.4) is 0 Å². The normalized spacial score (nSPS) is 18.8. The smallest absolute Gasteiger partial charge is 0.160 e. The molecular formula is C59H44N2. The number of allylic oxidation sites excluding steroid dienone is 14. The van der Waals surface area contributed by atoms with E-state index in [0.29, 0.717) is 0 Å². The largest absolute Gasteiger partial charge is 0.228 e. The van der Waals surface area contributed by atoms with Crippen molar-refractivity contribution in [2.75, 3.05) is 0 Å². The summed E-state index contributed by atoms with van der Waals surface area (Å²) in [5, 5.41) is 0. The van der Waals surface area contributed by atoms with Gasteiger partial charge in [0.15, 0.2) is 5.82 Å². The second kappa shape index (κ2) is 15.0. The summed E-state index contributed by atoms with van der Waals surface area (Å²) < 4.78 is 0. The van der Waals surface area contributed by atoms with E-state index in [9.17, 15) is 0 Å². The van der Waals surface area contributed by atoms with Crippen LogP contribution in [0.15, 0.2) is 218 Å². The Labute approximate surface area is 359 Å². The maximum absolute atomic E-state index is 5.17. The second-order valence-corrected chi connectivity index (χ2v) is 16.6. The average Bonchev–Trinajstić information content (AvgIpc) is 3.81. The van der Waals surface area contributed by atoms with Gasteiger partial charge in [-0.2, -0.15) is 0 Å². The molecule has 2 nitrogen and oxygen atoms in total. The van der Waals surface area contributed by atoms with Crippen LogP contribution < -0.4 is 0 Å². The fourth-order valence-corrected chi connectivity index (χ4v) is 10.8. The van der Waals surface area contributed by atoms with Crippen LogP contribution in [0, 0.1) is 17.8 Å². The minimum absolute atomic E-state index is 0.217. The molecule has 6 aromatic rings. The molecular weight excluding hydrogens is 737 g/mol. The zero-order chi connectivity index (χ0) is 40.9. The number of fused-ring (bicyclic) bond motifs is 10. The van der Waals surface area contributed by atoms with Crippen LogP contribution >= 0.6 is 0 Å². The Morgan fingerprint density at radius 1 is 0.590 bits per heavy atom. The van der Waals surface area contributed by atoms with Crippen molar-refractivity contribution in [3.05, 3.63) is 251 Å². The highest BCUT2D eigenvalue weighted by Crippen LogP contribution is 2.66. The molecule has 0 saturated heterocycles. The Balaban J connectivity index is 0.932. The van der Waals surface area contributed by atoms with Gasteiger partial charge in [0, 0.05) is 28.5 Å². The van der Waals surface area contributed by atoms with Gasteiger partial charge in [-0.3, -0.25) is 0 Å². The Morgan fingerprint density at radius 3 is 1.97 bits per heavy atom. The molecule has 5 aliphatic rings. The molecule has 2 heteroatoms. The second-order valence-electron chi connectivity index (χ2n) is 16.6. The summed E-state index contributed by atoms with van der Waals surface area (Å²) in [6.07, 6.45) is 21.6. The van der Waals surface area contributed by atoms with Crippen LogP contribution in [0.4, 0.5) is 0 Å². The lowest BCUT2D eigenvalue weighted by Gasteiger charge is -2.38. The van der Waals surface area contributed by atoms with E-state index < -0.39 is 0 Å². The predicted molar refractivity (Wildman–Crippen MR) is 252 cm³/mol. The van der Waals surface area contributed by atoms with E-state index in [4.69, 9.17) is 9.97 Å². The minimum Gasteiger partial charge on any atom is -0.228 e. The molecule has 1 heterocycles. The Morgan fingerprint density at radius 2 is 1.23 bits per heavy atom. The van der Waals surface area contributed by atoms with Crippen molar-refractivity contribution in [1.29, 1.82) is 0 Å². The fourth-order valence-electron chi connectivity index (χ4n) is 10.8. The Hall–Kier alpha value is -7.34. The number of hydrogen-bond donors (Lipinski definition) is 0. The van der Waals surface area contributed by atoms with Crippen LogP contribution in [-0.4, -0.2) is 9.97 Å². The molecule has 0 fully saturated rings. The van der Waals surface area contributed by atoms with Crippen molar-refractivity contribution >= 4 is 11.1 Å². The van der Waals surface area contributed by atoms with Crippen molar-refractivity contribution in [3.8, 4) is 45.6 Å². The lowest BCUT2D eigenvalue weighted by Crippen LogP contribution is -2.33. The average molecular weight is 781 g/mol. The van der Waals surface area contributed by atoms with Gasteiger partial charge in [-0.15, -0.1) is 0 Å². The molecule has 0 amide bonds. The predicted octanol–water partition coefficient (Wildman–Crippen LogP) is 14.0. The summed E-state index contributed by atoms with van der Waals surface area (Å²) in [6.45, 7) is 7.90. The molecule has 2 atom stereocenters. The molecule has 0 saturated carbocycles. The Bertz CT molecular complexity index is 3030. The van der Waals surface area contributed by atoms with Gasteiger partial charge in [-0.1, -0.05) is 189 Å². The molecule has 1 spiro atoms. The molecule has 5 aromatic carbocycles. The molecule has 2 unspecified atom stereocenters. The number of rotatable bonds is 6. The molecule has 61 heavy (non-hydrogen) atoms. The first-order valence-corrected chi connectivity index (χ1v) is 21.5. The first-order chi connectivity index (χ1) is 30.1. The quantitative estimate of drug-likeness (QED) is 0.157. The van der Waals surface area contributed by atoms with Gasteiger partial charge in [-0.05, 0) is 111 Å². The third kappa shape index (κ3) is 6.03. The van der Waals surface area contributed by atoms with Crippen LogP contribution in [0.5, 0.6) is 0 Å². The SMILES string of the molecule is C=CC#CC(=C)C1=CC=C(c2cc(-c3cccc(C4=CC=C(C5=CC=CC6C5c5ccccc5C65c6ccccc6-c6ccccc65)CC4)c3)nc(-c3ccccc3)n2)CC1. The highest BCUT2D eigenvalue weighted by atomic mass is 14.9. The van der Waals surface area contributed by atoms with Gasteiger partial charge >= 0.3 is 0 Å². The first-order valence-electron chi connectivity index (χ1n) is 21.5. The third-order valence-electron chi connectivity index (χ3n) is 13.5. The molecule has 1 aromatic heterocycles. The van der Waals surface area contributed by atoms with Crippen molar-refractivity contribution in [2.45, 2.75) is 37.0 Å². The maximum atomic E-state index is 5.17. The van der Waals surface area contributed by atoms with Crippen LogP contribution in [0.25, 0.3) is 44.9 Å². The zero-order valence-electron chi connectivity index (χ0n) is 34.1. The number of hydrogen-bond acceptors (Lipinski definition) is 2. The number of nitrogens with zero attached hydrogens (tertiary/aromatic N) is 2. The van der Waals surface area contributed by atoms with E-state index in [1.807, 2.05) is 18.2 Å². The van der Waals surface area contributed by atoms with E-state index in [1.54, 1.807) is 6.08 Å². The van der Waals surface area contributed by atoms with E-state index in [-0.39, 0.29) is 17.3 Å². The van der Waals surface area contributed by atoms with Crippen molar-refractivity contribution < 1.29 is 0 Å². The van der Waals surface area contributed by atoms with Crippen molar-refractivity contribution in [2.24, 2.45) is 5.92 Å². The monoisotopic (exact) mass is 780 g/mol. The van der Waals surface area contributed by atoms with Gasteiger partial charge in [0.25, 0.3) is 0 Å². The molecule has 0 N–H and O–H groups in total. The lowest BCUT2D eigenvalue weighted by molar-refractivity contribution is 0.455. The number of benzene rings is 5. The summed E-state index contributed by atoms with van der Waals surface area (Å²) in [5.74, 6) is 7.32. The standard InChI is InChI=1S/C59H44N2/c1-3-4-16-39(2)40-29-35-43(36-30-40)55-38-56(61-58(60-55)44-17-6-5-7-18-44)46-20-14-19-45(37-46)41-31-33-42(34-32-41)47-24-15-28-54-57(47)50-23-10-13-27-53(50)59(54)51-25-11-8-21-48(51)49-22-9-12-26-52(49)59/h3,5-15,17-29,31,33,35,37-38,54,57H,1-2,30,32,34,36H2. The summed E-state index contributed by atoms with van der Waals surface area (Å²) in [7, 11) is 0. The third-order valence-corrected chi connectivity index (χ3v) is 13.5. The zero-order valence-corrected chi connectivity index (χ0v) is 34.1. The summed E-state index contributed by atoms with van der Waals surface area (Å²) in [4.78, 5) is 10.3. The van der Waals surface area contributed by atoms with Crippen LogP contribution in [0.2, 0.25) is 0 Å². The van der Waals surface area contributed by atoms with Gasteiger partial charge in [0.05, 0.1) is 16.8 Å². The van der Waals surface area contributed by atoms with Crippen LogP contribution in [-0.2, 0) is 5.41 Å². The molecule has 11 rings (SSSR count). The highest BCUT2D eigenvalue weighted by Gasteiger charge is 2.58. The van der Waals surface area contributed by atoms with Crippen molar-refractivity contribution in [3.63, 3.8) is 0 Å². The molecule has 5 aliphatic carbocycles. The molecule has 0 aliphatic heterocycles. The minimum atomic E-state index is -0.217. The first kappa shape index (κ1) is 36.7. The summed E-state index contributed by atoms with van der Waals surface area (Å²) in [6, 6.07) is 48.9. The topological polar surface area (TPSA) is 25.8 Å². The molecule has 290 valence electrons. The van der Waals surface area contributed by atoms with Gasteiger partial charge < -0.3 is 0 Å². The van der Waals surface area contributed by atoms with Crippen LogP contribution in [0.1, 0.15) is 65.1 Å². The van der Waals surface area contributed by atoms with Gasteiger partial charge in [0.2, 0.25) is 0 Å². The van der Waals surface area contributed by atoms with E-state index in [1.165, 1.54) is 61.2 Å². The van der Waals surface area contributed by atoms with Crippen molar-refractivity contribution in [1.82, 2.24) is 9.97 Å². The van der Waals surface area contributed by atoms with E-state index >= 15 is 0 Å². The Kier molecular flexibility index (Phi) is 9.05. The fraction of sp³-hybridized carbons (Fsp3) is 0.119. The maximum Gasteiger partial charge on any atom is 0.160 e. The summed E-state index contributed by atoms with van der Waals surface area (Å²) >= 11 is 0. The summed E-state index contributed by atoms with van der Waals surface area (Å²) in [5.41, 5.74) is 20.9. The van der Waals surface area contributed by atoms with E-state index in [2.05, 4.69) is 183 Å². The number of aromatic nitrogens is 2. The van der Waals surface area contributed by atoms with Gasteiger partial charge in [-0.25, -0.2) is 9.97 Å². The van der Waals surface area contributed by atoms with E-state index in [0.717, 1.165) is 65.2 Å².